The van der Waals surface area contributed by atoms with E-state index in [-0.39, 0.29) is 11.8 Å². The van der Waals surface area contributed by atoms with E-state index in [2.05, 4.69) is 6.07 Å². The first-order chi connectivity index (χ1) is 5.95. The monoisotopic (exact) mass is 202 g/mol. The first-order valence-electron chi connectivity index (χ1n) is 4.30. The van der Waals surface area contributed by atoms with Gasteiger partial charge in [0.05, 0.1) is 12.3 Å². The minimum Gasteiger partial charge on any atom is -0.213 e. The van der Waals surface area contributed by atoms with Crippen LogP contribution in [0.4, 0.5) is 0 Å². The minimum atomic E-state index is -3.05. The van der Waals surface area contributed by atoms with Crippen LogP contribution < -0.4 is 0 Å². The summed E-state index contributed by atoms with van der Waals surface area (Å²) in [5.41, 5.74) is 0. The van der Waals surface area contributed by atoms with E-state index in [4.69, 9.17) is 5.26 Å². The van der Waals surface area contributed by atoms with E-state index >= 15 is 0 Å². The van der Waals surface area contributed by atoms with Gasteiger partial charge in [-0.15, -0.1) is 0 Å². The van der Waals surface area contributed by atoms with E-state index in [0.29, 0.717) is 13.1 Å². The fourth-order valence-electron chi connectivity index (χ4n) is 1.57. The predicted molar refractivity (Wildman–Crippen MR) is 49.3 cm³/mol. The second-order valence-corrected chi connectivity index (χ2v) is 5.57. The number of hydrogen-bond donors (Lipinski definition) is 0. The zero-order chi connectivity index (χ0) is 10.1. The van der Waals surface area contributed by atoms with Crippen LogP contribution in [-0.2, 0) is 10.0 Å². The third-order valence-electron chi connectivity index (χ3n) is 2.57. The van der Waals surface area contributed by atoms with Crippen LogP contribution in [0, 0.1) is 23.2 Å². The molecular formula is C8H14N2O2S. The van der Waals surface area contributed by atoms with Crippen molar-refractivity contribution in [3.05, 3.63) is 0 Å². The molecule has 13 heavy (non-hydrogen) atoms. The molecule has 74 valence electrons. The van der Waals surface area contributed by atoms with Gasteiger partial charge in [-0.05, 0) is 19.3 Å². The first kappa shape index (κ1) is 10.5. The maximum atomic E-state index is 11.1. The van der Waals surface area contributed by atoms with Gasteiger partial charge in [0, 0.05) is 19.0 Å². The molecule has 0 amide bonds. The highest BCUT2D eigenvalue weighted by molar-refractivity contribution is 7.88. The van der Waals surface area contributed by atoms with Crippen LogP contribution in [0.5, 0.6) is 0 Å². The summed E-state index contributed by atoms with van der Waals surface area (Å²) >= 11 is 0. The lowest BCUT2D eigenvalue weighted by Crippen LogP contribution is -2.28. The molecule has 1 heterocycles. The van der Waals surface area contributed by atoms with E-state index in [9.17, 15) is 8.42 Å². The fraction of sp³-hybridized carbons (Fsp3) is 0.875. The zero-order valence-electron chi connectivity index (χ0n) is 7.90. The molecule has 0 bridgehead atoms. The Morgan fingerprint density at radius 1 is 1.62 bits per heavy atom. The first-order valence-corrected chi connectivity index (χ1v) is 6.14. The normalized spacial score (nSPS) is 27.0. The van der Waals surface area contributed by atoms with Crippen molar-refractivity contribution in [2.24, 2.45) is 11.8 Å². The second-order valence-electron chi connectivity index (χ2n) is 3.59. The van der Waals surface area contributed by atoms with Crippen LogP contribution in [0.3, 0.4) is 0 Å². The van der Waals surface area contributed by atoms with E-state index in [1.165, 1.54) is 10.6 Å². The summed E-state index contributed by atoms with van der Waals surface area (Å²) in [6, 6.07) is 2.16. The molecule has 0 saturated carbocycles. The highest BCUT2D eigenvalue weighted by atomic mass is 32.2. The topological polar surface area (TPSA) is 61.2 Å². The molecule has 1 fully saturated rings. The Bertz CT molecular complexity index is 318. The summed E-state index contributed by atoms with van der Waals surface area (Å²) in [7, 11) is -3.05. The summed E-state index contributed by atoms with van der Waals surface area (Å²) in [5, 5.41) is 8.67. The molecule has 0 radical (unpaired) electrons. The number of nitriles is 1. The molecule has 2 unspecified atom stereocenters. The van der Waals surface area contributed by atoms with Crippen molar-refractivity contribution in [2.75, 3.05) is 19.3 Å². The van der Waals surface area contributed by atoms with E-state index in [1.54, 1.807) is 0 Å². The quantitative estimate of drug-likeness (QED) is 0.652. The largest absolute Gasteiger partial charge is 0.213 e. The van der Waals surface area contributed by atoms with Crippen molar-refractivity contribution in [3.63, 3.8) is 0 Å². The molecule has 5 heteroatoms. The minimum absolute atomic E-state index is 0.0493. The van der Waals surface area contributed by atoms with Gasteiger partial charge in [-0.2, -0.15) is 5.26 Å². The SMILES string of the molecule is CC(C#N)C1CCN(S(C)(=O)=O)C1. The van der Waals surface area contributed by atoms with Crippen molar-refractivity contribution in [1.82, 2.24) is 4.31 Å². The molecule has 1 aliphatic heterocycles. The molecular weight excluding hydrogens is 188 g/mol. The summed E-state index contributed by atoms with van der Waals surface area (Å²) in [6.45, 7) is 2.92. The average molecular weight is 202 g/mol. The average Bonchev–Trinajstić information content (AvgIpc) is 2.50. The Hall–Kier alpha value is -0.600. The third kappa shape index (κ3) is 2.42. The Kier molecular flexibility index (Phi) is 2.94. The van der Waals surface area contributed by atoms with Crippen molar-refractivity contribution < 1.29 is 8.42 Å². The van der Waals surface area contributed by atoms with Gasteiger partial charge in [0.15, 0.2) is 0 Å². The lowest BCUT2D eigenvalue weighted by atomic mass is 9.95. The lowest BCUT2D eigenvalue weighted by molar-refractivity contribution is 0.422. The molecule has 2 atom stereocenters. The molecule has 0 aromatic carbocycles. The van der Waals surface area contributed by atoms with E-state index < -0.39 is 10.0 Å². The molecule has 0 aromatic rings. The maximum absolute atomic E-state index is 11.1. The maximum Gasteiger partial charge on any atom is 0.211 e. The summed E-state index contributed by atoms with van der Waals surface area (Å²) < 4.78 is 23.7. The van der Waals surface area contributed by atoms with Crippen LogP contribution in [0.1, 0.15) is 13.3 Å². The summed E-state index contributed by atoms with van der Waals surface area (Å²) in [6.07, 6.45) is 2.02. The van der Waals surface area contributed by atoms with Crippen LogP contribution in [0.15, 0.2) is 0 Å². The number of nitrogens with zero attached hydrogens (tertiary/aromatic N) is 2. The van der Waals surface area contributed by atoms with E-state index in [0.717, 1.165) is 6.42 Å². The molecule has 0 spiro atoms. The van der Waals surface area contributed by atoms with Crippen molar-refractivity contribution in [1.29, 1.82) is 5.26 Å². The van der Waals surface area contributed by atoms with Crippen molar-refractivity contribution >= 4 is 10.0 Å². The lowest BCUT2D eigenvalue weighted by Gasteiger charge is -2.14. The summed E-state index contributed by atoms with van der Waals surface area (Å²) in [4.78, 5) is 0. The van der Waals surface area contributed by atoms with Crippen LogP contribution in [-0.4, -0.2) is 32.1 Å². The van der Waals surface area contributed by atoms with Gasteiger partial charge in [0.1, 0.15) is 0 Å². The molecule has 0 aromatic heterocycles. The number of sulfonamides is 1. The van der Waals surface area contributed by atoms with E-state index in [1.807, 2.05) is 6.92 Å². The van der Waals surface area contributed by atoms with Crippen molar-refractivity contribution in [2.45, 2.75) is 13.3 Å². The van der Waals surface area contributed by atoms with Gasteiger partial charge < -0.3 is 0 Å². The Labute approximate surface area is 79.2 Å². The van der Waals surface area contributed by atoms with Gasteiger partial charge in [0.25, 0.3) is 0 Å². The van der Waals surface area contributed by atoms with Gasteiger partial charge in [-0.3, -0.25) is 0 Å². The van der Waals surface area contributed by atoms with Gasteiger partial charge in [0.2, 0.25) is 10.0 Å². The van der Waals surface area contributed by atoms with Crippen LogP contribution in [0.2, 0.25) is 0 Å². The second kappa shape index (κ2) is 3.64. The fourth-order valence-corrected chi connectivity index (χ4v) is 2.47. The highest BCUT2D eigenvalue weighted by Crippen LogP contribution is 2.24. The predicted octanol–water partition coefficient (Wildman–Crippen LogP) is 0.428. The molecule has 1 aliphatic rings. The number of rotatable bonds is 2. The molecule has 4 nitrogen and oxygen atoms in total. The zero-order valence-corrected chi connectivity index (χ0v) is 8.71. The van der Waals surface area contributed by atoms with Gasteiger partial charge >= 0.3 is 0 Å². The Balaban J connectivity index is 2.61. The Morgan fingerprint density at radius 3 is 2.62 bits per heavy atom. The molecule has 1 saturated heterocycles. The smallest absolute Gasteiger partial charge is 0.211 e. The molecule has 0 N–H and O–H groups in total. The van der Waals surface area contributed by atoms with Crippen LogP contribution >= 0.6 is 0 Å². The highest BCUT2D eigenvalue weighted by Gasteiger charge is 2.31. The third-order valence-corrected chi connectivity index (χ3v) is 3.84. The Morgan fingerprint density at radius 2 is 2.23 bits per heavy atom. The van der Waals surface area contributed by atoms with Gasteiger partial charge in [-0.25, -0.2) is 12.7 Å². The number of hydrogen-bond acceptors (Lipinski definition) is 3. The molecule has 1 rings (SSSR count). The van der Waals surface area contributed by atoms with Crippen molar-refractivity contribution in [3.8, 4) is 6.07 Å². The van der Waals surface area contributed by atoms with Gasteiger partial charge in [-0.1, -0.05) is 0 Å². The summed E-state index contributed by atoms with van der Waals surface area (Å²) in [5.74, 6) is 0.159. The molecule has 0 aliphatic carbocycles. The van der Waals surface area contributed by atoms with Crippen LogP contribution in [0.25, 0.3) is 0 Å². The standard InChI is InChI=1S/C8H14N2O2S/c1-7(5-9)8-3-4-10(6-8)13(2,11)12/h7-8H,3-4,6H2,1-2H3.